The van der Waals surface area contributed by atoms with Crippen LogP contribution in [0.25, 0.3) is 0 Å². The number of nitrogens with zero attached hydrogens (tertiary/aromatic N) is 1. The zero-order valence-electron chi connectivity index (χ0n) is 7.58. The molecule has 1 rings (SSSR count). The van der Waals surface area contributed by atoms with Crippen LogP contribution < -0.4 is 0 Å². The van der Waals surface area contributed by atoms with Crippen molar-refractivity contribution in [2.75, 3.05) is 0 Å². The van der Waals surface area contributed by atoms with Gasteiger partial charge in [-0.3, -0.25) is 4.55 Å². The number of rotatable bonds is 1. The molecule has 0 heterocycles. The molecule has 0 saturated carbocycles. The molecule has 78 valence electrons. The highest BCUT2D eigenvalue weighted by molar-refractivity contribution is 7.85. The highest BCUT2D eigenvalue weighted by Gasteiger charge is 2.06. The molecule has 0 radical (unpaired) electrons. The molecule has 0 bridgehead atoms. The normalized spacial score (nSPS) is 9.86. The Morgan fingerprint density at radius 3 is 1.93 bits per heavy atom. The fraction of sp³-hybridized carbons (Fsp3) is 0.125. The van der Waals surface area contributed by atoms with Gasteiger partial charge in [0.15, 0.2) is 0 Å². The first kappa shape index (κ1) is 12.6. The third kappa shape index (κ3) is 4.58. The van der Waals surface area contributed by atoms with Gasteiger partial charge in [0.1, 0.15) is 0 Å². The van der Waals surface area contributed by atoms with Gasteiger partial charge in [-0.25, -0.2) is 0 Å². The van der Waals surface area contributed by atoms with E-state index in [0.717, 1.165) is 5.56 Å². The number of aryl methyl sites for hydroxylation is 1. The maximum atomic E-state index is 10.5. The highest BCUT2D eigenvalue weighted by Crippen LogP contribution is 2.08. The smallest absolute Gasteiger partial charge is 0.294 e. The minimum Gasteiger partial charge on any atom is -0.411 e. The molecule has 0 fully saturated rings. The van der Waals surface area contributed by atoms with Crippen molar-refractivity contribution in [1.29, 1.82) is 0 Å². The van der Waals surface area contributed by atoms with Crippen LogP contribution in [0.3, 0.4) is 0 Å². The van der Waals surface area contributed by atoms with Crippen molar-refractivity contribution in [2.45, 2.75) is 11.8 Å². The fourth-order valence-electron chi connectivity index (χ4n) is 0.710. The average molecular weight is 217 g/mol. The van der Waals surface area contributed by atoms with E-state index in [0.29, 0.717) is 0 Å². The molecule has 6 heteroatoms. The maximum absolute atomic E-state index is 10.5. The lowest BCUT2D eigenvalue weighted by molar-refractivity contribution is 0.323. The summed E-state index contributed by atoms with van der Waals surface area (Å²) in [6.45, 7) is 4.51. The summed E-state index contributed by atoms with van der Waals surface area (Å²) < 4.78 is 29.6. The van der Waals surface area contributed by atoms with Crippen LogP contribution in [0, 0.1) is 6.92 Å². The lowest BCUT2D eigenvalue weighted by atomic mass is 10.2. The molecule has 5 nitrogen and oxygen atoms in total. The second kappa shape index (κ2) is 5.36. The van der Waals surface area contributed by atoms with E-state index in [4.69, 9.17) is 9.76 Å². The van der Waals surface area contributed by atoms with Crippen LogP contribution in [0.1, 0.15) is 5.56 Å². The van der Waals surface area contributed by atoms with Crippen molar-refractivity contribution in [3.8, 4) is 0 Å². The quantitative estimate of drug-likeness (QED) is 0.321. The lowest BCUT2D eigenvalue weighted by Gasteiger charge is -1.95. The summed E-state index contributed by atoms with van der Waals surface area (Å²) in [4.78, 5) is -0.0666. The topological polar surface area (TPSA) is 87.0 Å². The SMILES string of the molecule is C=NO.Cc1ccc(S(=O)(=O)O)cc1. The Morgan fingerprint density at radius 1 is 1.29 bits per heavy atom. The molecule has 0 aliphatic carbocycles. The zero-order chi connectivity index (χ0) is 11.2. The van der Waals surface area contributed by atoms with Crippen LogP contribution in [-0.2, 0) is 10.1 Å². The molecule has 0 aliphatic heterocycles. The van der Waals surface area contributed by atoms with Crippen LogP contribution in [0.4, 0.5) is 0 Å². The van der Waals surface area contributed by atoms with Crippen molar-refractivity contribution in [3.63, 3.8) is 0 Å². The first-order chi connectivity index (χ1) is 6.41. The first-order valence-corrected chi connectivity index (χ1v) is 5.00. The van der Waals surface area contributed by atoms with Gasteiger partial charge < -0.3 is 5.21 Å². The second-order valence-electron chi connectivity index (χ2n) is 2.43. The second-order valence-corrected chi connectivity index (χ2v) is 3.85. The molecular formula is C8H11NO4S. The maximum Gasteiger partial charge on any atom is 0.294 e. The van der Waals surface area contributed by atoms with Crippen LogP contribution >= 0.6 is 0 Å². The third-order valence-electron chi connectivity index (χ3n) is 1.32. The predicted octanol–water partition coefficient (Wildman–Crippen LogP) is 1.32. The van der Waals surface area contributed by atoms with Gasteiger partial charge in [-0.1, -0.05) is 17.7 Å². The van der Waals surface area contributed by atoms with E-state index in [1.807, 2.05) is 6.92 Å². The Bertz CT molecular complexity index is 382. The predicted molar refractivity (Wildman–Crippen MR) is 52.3 cm³/mol. The van der Waals surface area contributed by atoms with E-state index in [9.17, 15) is 8.42 Å². The Kier molecular flexibility index (Phi) is 4.82. The van der Waals surface area contributed by atoms with E-state index in [1.165, 1.54) is 12.1 Å². The molecule has 0 aromatic heterocycles. The van der Waals surface area contributed by atoms with Crippen molar-refractivity contribution in [3.05, 3.63) is 29.8 Å². The number of hydrogen-bond donors (Lipinski definition) is 2. The third-order valence-corrected chi connectivity index (χ3v) is 2.19. The number of benzene rings is 1. The summed E-state index contributed by atoms with van der Waals surface area (Å²) in [7, 11) is -4.02. The number of hydrogen-bond acceptors (Lipinski definition) is 4. The molecule has 1 aromatic rings. The van der Waals surface area contributed by atoms with Gasteiger partial charge in [-0.05, 0) is 19.1 Å². The van der Waals surface area contributed by atoms with E-state index in [1.54, 1.807) is 12.1 Å². The summed E-state index contributed by atoms with van der Waals surface area (Å²) >= 11 is 0. The van der Waals surface area contributed by atoms with E-state index < -0.39 is 10.1 Å². The monoisotopic (exact) mass is 217 g/mol. The zero-order valence-corrected chi connectivity index (χ0v) is 8.40. The molecule has 0 atom stereocenters. The molecule has 0 amide bonds. The van der Waals surface area contributed by atoms with Crippen molar-refractivity contribution in [1.82, 2.24) is 0 Å². The van der Waals surface area contributed by atoms with Crippen LogP contribution in [0.2, 0.25) is 0 Å². The fourth-order valence-corrected chi connectivity index (χ4v) is 1.19. The number of oxime groups is 1. The van der Waals surface area contributed by atoms with Crippen molar-refractivity contribution < 1.29 is 18.2 Å². The van der Waals surface area contributed by atoms with Crippen molar-refractivity contribution >= 4 is 16.8 Å². The van der Waals surface area contributed by atoms with Gasteiger partial charge in [-0.2, -0.15) is 8.42 Å². The standard InChI is InChI=1S/C7H8O3S.CH3NO/c1-6-2-4-7(5-3-6)11(8,9)10;1-2-3/h2-5H,1H3,(H,8,9,10);3H,1H2. The molecule has 0 spiro atoms. The molecule has 0 aliphatic rings. The summed E-state index contributed by atoms with van der Waals surface area (Å²) in [6.07, 6.45) is 0. The summed E-state index contributed by atoms with van der Waals surface area (Å²) in [5, 5.41) is 9.33. The molecule has 1 aromatic carbocycles. The molecule has 14 heavy (non-hydrogen) atoms. The van der Waals surface area contributed by atoms with Gasteiger partial charge in [-0.15, -0.1) is 5.16 Å². The van der Waals surface area contributed by atoms with E-state index in [2.05, 4.69) is 11.9 Å². The summed E-state index contributed by atoms with van der Waals surface area (Å²) in [5.74, 6) is 0. The minimum absolute atomic E-state index is 0.0666. The molecule has 2 N–H and O–H groups in total. The van der Waals surface area contributed by atoms with Gasteiger partial charge >= 0.3 is 0 Å². The van der Waals surface area contributed by atoms with Gasteiger partial charge in [0.25, 0.3) is 10.1 Å². The highest BCUT2D eigenvalue weighted by atomic mass is 32.2. The van der Waals surface area contributed by atoms with Gasteiger partial charge in [0.05, 0.1) is 4.90 Å². The Morgan fingerprint density at radius 2 is 1.64 bits per heavy atom. The first-order valence-electron chi connectivity index (χ1n) is 3.56. The van der Waals surface area contributed by atoms with Gasteiger partial charge in [0.2, 0.25) is 0 Å². The Balaban J connectivity index is 0.000000500. The minimum atomic E-state index is -4.02. The Labute approximate surface area is 82.4 Å². The van der Waals surface area contributed by atoms with Gasteiger partial charge in [0, 0.05) is 6.72 Å². The summed E-state index contributed by atoms with van der Waals surface area (Å²) in [5.41, 5.74) is 0.956. The average Bonchev–Trinajstić information content (AvgIpc) is 2.04. The Hall–Kier alpha value is -1.40. The van der Waals surface area contributed by atoms with Crippen LogP contribution in [0.15, 0.2) is 34.3 Å². The van der Waals surface area contributed by atoms with Crippen LogP contribution in [-0.4, -0.2) is 24.9 Å². The molecule has 0 unspecified atom stereocenters. The molecular weight excluding hydrogens is 206 g/mol. The molecule has 0 saturated heterocycles. The van der Waals surface area contributed by atoms with Crippen molar-refractivity contribution in [2.24, 2.45) is 5.16 Å². The lowest BCUT2D eigenvalue weighted by Crippen LogP contribution is -1.96. The largest absolute Gasteiger partial charge is 0.411 e. The summed E-state index contributed by atoms with van der Waals surface area (Å²) in [6, 6.07) is 5.99. The van der Waals surface area contributed by atoms with E-state index in [-0.39, 0.29) is 4.90 Å². The van der Waals surface area contributed by atoms with E-state index >= 15 is 0 Å². The van der Waals surface area contributed by atoms with Crippen LogP contribution in [0.5, 0.6) is 0 Å².